The largest absolute Gasteiger partial charge is 0.463 e. The smallest absolute Gasteiger partial charge is 0.410 e. The summed E-state index contributed by atoms with van der Waals surface area (Å²) in [5.41, 5.74) is 2.41. The summed E-state index contributed by atoms with van der Waals surface area (Å²) in [6, 6.07) is 14.5. The second kappa shape index (κ2) is 13.8. The van der Waals surface area contributed by atoms with Crippen LogP contribution in [-0.4, -0.2) is 52.6 Å². The number of hydrogen-bond acceptors (Lipinski definition) is 7. The summed E-state index contributed by atoms with van der Waals surface area (Å²) < 4.78 is 24.3. The summed E-state index contributed by atoms with van der Waals surface area (Å²) in [4.78, 5) is 39.7. The number of carbonyl (C=O) groups excluding carboxylic acids is 1. The van der Waals surface area contributed by atoms with E-state index in [4.69, 9.17) is 18.9 Å². The van der Waals surface area contributed by atoms with E-state index in [-0.39, 0.29) is 12.2 Å². The first-order chi connectivity index (χ1) is 20.8. The van der Waals surface area contributed by atoms with Crippen molar-refractivity contribution < 1.29 is 23.7 Å². The molecule has 2 aromatic carbocycles. The highest BCUT2D eigenvalue weighted by atomic mass is 16.7. The van der Waals surface area contributed by atoms with Crippen molar-refractivity contribution in [2.45, 2.75) is 64.4 Å². The third-order valence-electron chi connectivity index (χ3n) is 7.29. The number of unbranched alkanes of at least 4 members (excludes halogenated alkanes) is 3. The Balaban J connectivity index is 0.946. The first kappa shape index (κ1) is 30.1. The van der Waals surface area contributed by atoms with Gasteiger partial charge in [0.2, 0.25) is 5.79 Å². The molecule has 3 aromatic rings. The molecule has 0 saturated carbocycles. The molecule has 43 heavy (non-hydrogen) atoms. The fraction of sp³-hybridized carbons (Fsp3) is 0.424. The predicted octanol–water partition coefficient (Wildman–Crippen LogP) is 4.68. The van der Waals surface area contributed by atoms with Gasteiger partial charge in [-0.1, -0.05) is 36.8 Å². The van der Waals surface area contributed by atoms with Crippen molar-refractivity contribution in [2.24, 2.45) is 0 Å². The monoisotopic (exact) mass is 587 g/mol. The lowest BCUT2D eigenvalue weighted by Crippen LogP contribution is -2.35. The number of fused-ring (bicyclic) bond motifs is 1. The van der Waals surface area contributed by atoms with Gasteiger partial charge in [-0.25, -0.2) is 9.59 Å². The molecule has 3 heterocycles. The fourth-order valence-electron chi connectivity index (χ4n) is 5.03. The number of aromatic amines is 1. The maximum absolute atomic E-state index is 12.4. The Hall–Kier alpha value is -4.33. The van der Waals surface area contributed by atoms with E-state index in [0.29, 0.717) is 45.0 Å². The van der Waals surface area contributed by atoms with Crippen molar-refractivity contribution in [1.82, 2.24) is 14.5 Å². The van der Waals surface area contributed by atoms with E-state index in [1.54, 1.807) is 17.0 Å². The van der Waals surface area contributed by atoms with Gasteiger partial charge in [0.05, 0.1) is 25.4 Å². The molecule has 226 valence electrons. The van der Waals surface area contributed by atoms with Crippen LogP contribution >= 0.6 is 0 Å². The molecule has 1 aromatic heterocycles. The van der Waals surface area contributed by atoms with E-state index in [2.05, 4.69) is 16.8 Å². The number of hydrogen-bond donors (Lipinski definition) is 1. The van der Waals surface area contributed by atoms with Crippen molar-refractivity contribution >= 4 is 6.09 Å². The van der Waals surface area contributed by atoms with Crippen LogP contribution in [0, 0.1) is 11.8 Å². The maximum atomic E-state index is 12.4. The number of H-pyrrole nitrogens is 1. The summed E-state index contributed by atoms with van der Waals surface area (Å²) in [6.07, 6.45) is 5.40. The number of nitrogens with one attached hydrogen (secondary N) is 1. The Morgan fingerprint density at radius 2 is 1.88 bits per heavy atom. The van der Waals surface area contributed by atoms with Crippen molar-refractivity contribution in [1.29, 1.82) is 0 Å². The standard InChI is InChI=1S/C33H37N3O7/c1-33(2)41-23-26-21-25(13-14-28(26)43-33)29-22-35(32(39)42-29)16-6-3-4-7-18-40-19-8-5-10-24-11-9-12-27(20-24)36-17-15-30(37)34-31(36)38/h9,11-15,17,20-21,29H,3-4,6-8,16,18-19,22-23H2,1-2H3,(H,34,37,38)/t29-/m0/s1. The highest BCUT2D eigenvalue weighted by Crippen LogP contribution is 2.35. The van der Waals surface area contributed by atoms with Gasteiger partial charge in [0.1, 0.15) is 11.9 Å². The van der Waals surface area contributed by atoms with E-state index in [0.717, 1.165) is 48.1 Å². The molecule has 10 nitrogen and oxygen atoms in total. The highest BCUT2D eigenvalue weighted by molar-refractivity contribution is 5.70. The SMILES string of the molecule is CC1(C)OCc2cc([C@@H]3CN(CCCCCCOCCC#Cc4cccc(-n5ccc(=O)[nH]c5=O)c4)C(=O)O3)ccc2O1. The van der Waals surface area contributed by atoms with Gasteiger partial charge in [-0.3, -0.25) is 14.3 Å². The number of benzene rings is 2. The molecule has 5 rings (SSSR count). The zero-order chi connectivity index (χ0) is 30.2. The van der Waals surface area contributed by atoms with Gasteiger partial charge < -0.3 is 23.8 Å². The molecule has 2 aliphatic heterocycles. The van der Waals surface area contributed by atoms with Gasteiger partial charge in [-0.15, -0.1) is 0 Å². The number of cyclic esters (lactones) is 1. The molecule has 0 spiro atoms. The summed E-state index contributed by atoms with van der Waals surface area (Å²) >= 11 is 0. The van der Waals surface area contributed by atoms with E-state index in [1.807, 2.05) is 44.2 Å². The second-order valence-electron chi connectivity index (χ2n) is 11.1. The lowest BCUT2D eigenvalue weighted by atomic mass is 10.0. The molecule has 1 saturated heterocycles. The van der Waals surface area contributed by atoms with E-state index in [9.17, 15) is 14.4 Å². The van der Waals surface area contributed by atoms with Crippen LogP contribution in [0.4, 0.5) is 4.79 Å². The van der Waals surface area contributed by atoms with E-state index in [1.165, 1.54) is 16.8 Å². The molecule has 0 radical (unpaired) electrons. The third kappa shape index (κ3) is 8.15. The van der Waals surface area contributed by atoms with Crippen LogP contribution in [0.2, 0.25) is 0 Å². The van der Waals surface area contributed by atoms with Gasteiger partial charge in [-0.05, 0) is 48.7 Å². The number of aromatic nitrogens is 2. The molecule has 10 heteroatoms. The van der Waals surface area contributed by atoms with Gasteiger partial charge in [0.15, 0.2) is 0 Å². The average Bonchev–Trinajstić information content (AvgIpc) is 3.35. The molecule has 0 aliphatic carbocycles. The quantitative estimate of drug-likeness (QED) is 0.256. The minimum absolute atomic E-state index is 0.266. The third-order valence-corrected chi connectivity index (χ3v) is 7.29. The zero-order valence-corrected chi connectivity index (χ0v) is 24.6. The number of nitrogens with zero attached hydrogens (tertiary/aromatic N) is 2. The molecular weight excluding hydrogens is 550 g/mol. The summed E-state index contributed by atoms with van der Waals surface area (Å²) in [5, 5.41) is 0. The van der Waals surface area contributed by atoms with Gasteiger partial charge in [0.25, 0.3) is 5.56 Å². The van der Waals surface area contributed by atoms with Gasteiger partial charge in [0, 0.05) is 56.8 Å². The Kier molecular flexibility index (Phi) is 9.65. The number of carbonyl (C=O) groups is 1. The topological polar surface area (TPSA) is 112 Å². The fourth-order valence-corrected chi connectivity index (χ4v) is 5.03. The normalized spacial score (nSPS) is 17.0. The molecule has 1 amide bonds. The van der Waals surface area contributed by atoms with Crippen LogP contribution in [0.3, 0.4) is 0 Å². The van der Waals surface area contributed by atoms with Crippen LogP contribution in [-0.2, 0) is 20.8 Å². The van der Waals surface area contributed by atoms with Crippen LogP contribution in [0.25, 0.3) is 5.69 Å². The Bertz CT molecular complexity index is 1610. The minimum atomic E-state index is -0.639. The van der Waals surface area contributed by atoms with Gasteiger partial charge in [-0.2, -0.15) is 0 Å². The summed E-state index contributed by atoms with van der Waals surface area (Å²) in [5.74, 6) is 6.37. The van der Waals surface area contributed by atoms with E-state index < -0.39 is 17.0 Å². The molecule has 1 N–H and O–H groups in total. The minimum Gasteiger partial charge on any atom is -0.463 e. The average molecular weight is 588 g/mol. The summed E-state index contributed by atoms with van der Waals surface area (Å²) in [6.45, 7) is 6.68. The first-order valence-electron chi connectivity index (χ1n) is 14.7. The van der Waals surface area contributed by atoms with Crippen LogP contribution in [0.15, 0.2) is 64.3 Å². The van der Waals surface area contributed by atoms with Crippen LogP contribution < -0.4 is 16.0 Å². The molecule has 1 fully saturated rings. The maximum Gasteiger partial charge on any atom is 0.410 e. The number of rotatable bonds is 11. The Morgan fingerprint density at radius 1 is 1.02 bits per heavy atom. The Morgan fingerprint density at radius 3 is 2.74 bits per heavy atom. The molecular formula is C33H37N3O7. The predicted molar refractivity (Wildman–Crippen MR) is 160 cm³/mol. The Labute approximate surface area is 250 Å². The molecule has 0 bridgehead atoms. The molecule has 0 unspecified atom stereocenters. The number of ether oxygens (including phenoxy) is 4. The van der Waals surface area contributed by atoms with Gasteiger partial charge >= 0.3 is 11.8 Å². The lowest BCUT2D eigenvalue weighted by molar-refractivity contribution is -0.180. The van der Waals surface area contributed by atoms with Crippen molar-refractivity contribution in [3.63, 3.8) is 0 Å². The summed E-state index contributed by atoms with van der Waals surface area (Å²) in [7, 11) is 0. The second-order valence-corrected chi connectivity index (χ2v) is 11.1. The highest BCUT2D eigenvalue weighted by Gasteiger charge is 2.33. The van der Waals surface area contributed by atoms with Crippen LogP contribution in [0.5, 0.6) is 5.75 Å². The van der Waals surface area contributed by atoms with Crippen LogP contribution in [0.1, 0.15) is 68.7 Å². The van der Waals surface area contributed by atoms with Crippen molar-refractivity contribution in [3.8, 4) is 23.3 Å². The zero-order valence-electron chi connectivity index (χ0n) is 24.6. The van der Waals surface area contributed by atoms with Crippen molar-refractivity contribution in [2.75, 3.05) is 26.3 Å². The molecule has 1 atom stereocenters. The number of amides is 1. The first-order valence-corrected chi connectivity index (χ1v) is 14.7. The van der Waals surface area contributed by atoms with E-state index >= 15 is 0 Å². The van der Waals surface area contributed by atoms with Crippen molar-refractivity contribution in [3.05, 3.63) is 92.3 Å². The lowest BCUT2D eigenvalue weighted by Gasteiger charge is -2.32. The molecule has 2 aliphatic rings.